The summed E-state index contributed by atoms with van der Waals surface area (Å²) < 4.78 is 5.06. The van der Waals surface area contributed by atoms with Gasteiger partial charge in [0.1, 0.15) is 0 Å². The molecule has 2 N–H and O–H groups in total. The Labute approximate surface area is 94.5 Å². The molecule has 1 fully saturated rings. The average Bonchev–Trinajstić information content (AvgIpc) is 2.81. The number of nitriles is 1. The molecule has 4 nitrogen and oxygen atoms in total. The molecule has 2 rings (SSSR count). The monoisotopic (exact) mass is 218 g/mol. The highest BCUT2D eigenvalue weighted by Crippen LogP contribution is 2.38. The number of ether oxygens (including phenoxy) is 1. The molecular weight excluding hydrogens is 204 g/mol. The number of rotatable bonds is 2. The van der Waals surface area contributed by atoms with Crippen molar-refractivity contribution >= 4 is 0 Å². The molecule has 1 aliphatic rings. The number of aromatic hydroxyl groups is 1. The van der Waals surface area contributed by atoms with Crippen LogP contribution in [-0.2, 0) is 0 Å². The maximum atomic E-state index is 10.0. The fourth-order valence-electron chi connectivity index (χ4n) is 2.13. The molecule has 1 atom stereocenters. The van der Waals surface area contributed by atoms with Crippen molar-refractivity contribution in [3.05, 3.63) is 23.3 Å². The molecule has 1 aromatic rings. The lowest BCUT2D eigenvalue weighted by molar-refractivity contribution is 0.367. The lowest BCUT2D eigenvalue weighted by atomic mass is 9.98. The molecule has 0 amide bonds. The van der Waals surface area contributed by atoms with Crippen LogP contribution in [0.4, 0.5) is 0 Å². The van der Waals surface area contributed by atoms with E-state index in [0.717, 1.165) is 19.4 Å². The van der Waals surface area contributed by atoms with Gasteiger partial charge in [-0.1, -0.05) is 0 Å². The standard InChI is InChI=1S/C12H14N2O2/c1-16-10-5-4-8(7-13)11(12(10)15)9-3-2-6-14-9/h4-5,9,14-15H,2-3,6H2,1H3/t9-/m0/s1. The van der Waals surface area contributed by atoms with Crippen molar-refractivity contribution in [2.45, 2.75) is 18.9 Å². The van der Waals surface area contributed by atoms with Gasteiger partial charge in [0.15, 0.2) is 11.5 Å². The maximum absolute atomic E-state index is 10.0. The minimum atomic E-state index is 0.0600. The van der Waals surface area contributed by atoms with Crippen LogP contribution in [0.5, 0.6) is 11.5 Å². The van der Waals surface area contributed by atoms with E-state index < -0.39 is 0 Å². The first-order chi connectivity index (χ1) is 7.77. The fourth-order valence-corrected chi connectivity index (χ4v) is 2.13. The first-order valence-corrected chi connectivity index (χ1v) is 5.31. The van der Waals surface area contributed by atoms with Crippen molar-refractivity contribution in [3.63, 3.8) is 0 Å². The van der Waals surface area contributed by atoms with Crippen LogP contribution in [0.15, 0.2) is 12.1 Å². The summed E-state index contributed by atoms with van der Waals surface area (Å²) in [5, 5.41) is 22.4. The van der Waals surface area contributed by atoms with Crippen molar-refractivity contribution in [2.24, 2.45) is 0 Å². The van der Waals surface area contributed by atoms with E-state index in [0.29, 0.717) is 16.9 Å². The zero-order valence-corrected chi connectivity index (χ0v) is 9.16. The van der Waals surface area contributed by atoms with E-state index in [1.807, 2.05) is 0 Å². The van der Waals surface area contributed by atoms with Crippen LogP contribution in [-0.4, -0.2) is 18.8 Å². The molecule has 0 spiro atoms. The number of nitrogens with one attached hydrogen (secondary N) is 1. The van der Waals surface area contributed by atoms with E-state index in [1.165, 1.54) is 7.11 Å². The summed E-state index contributed by atoms with van der Waals surface area (Å²) in [6, 6.07) is 5.47. The molecule has 0 aliphatic carbocycles. The molecule has 0 unspecified atom stereocenters. The zero-order valence-electron chi connectivity index (χ0n) is 9.16. The second-order valence-electron chi connectivity index (χ2n) is 3.84. The minimum Gasteiger partial charge on any atom is -0.504 e. The van der Waals surface area contributed by atoms with Crippen molar-refractivity contribution in [3.8, 4) is 17.6 Å². The summed E-state index contributed by atoms with van der Waals surface area (Å²) in [6.45, 7) is 0.923. The Balaban J connectivity index is 2.50. The Hall–Kier alpha value is -1.73. The highest BCUT2D eigenvalue weighted by atomic mass is 16.5. The Morgan fingerprint density at radius 2 is 2.38 bits per heavy atom. The Bertz CT molecular complexity index is 431. The van der Waals surface area contributed by atoms with Gasteiger partial charge in [-0.25, -0.2) is 0 Å². The third-order valence-corrected chi connectivity index (χ3v) is 2.93. The minimum absolute atomic E-state index is 0.0600. The first kappa shape index (κ1) is 10.8. The quantitative estimate of drug-likeness (QED) is 0.793. The first-order valence-electron chi connectivity index (χ1n) is 5.31. The molecule has 1 heterocycles. The van der Waals surface area contributed by atoms with Gasteiger partial charge in [-0.05, 0) is 31.5 Å². The van der Waals surface area contributed by atoms with Crippen molar-refractivity contribution < 1.29 is 9.84 Å². The average molecular weight is 218 g/mol. The molecule has 1 aromatic carbocycles. The topological polar surface area (TPSA) is 65.3 Å². The normalized spacial score (nSPS) is 19.4. The predicted molar refractivity (Wildman–Crippen MR) is 59.4 cm³/mol. The molecular formula is C12H14N2O2. The van der Waals surface area contributed by atoms with Crippen molar-refractivity contribution in [2.75, 3.05) is 13.7 Å². The molecule has 0 aromatic heterocycles. The molecule has 4 heteroatoms. The second-order valence-corrected chi connectivity index (χ2v) is 3.84. The second kappa shape index (κ2) is 4.42. The highest BCUT2D eigenvalue weighted by Gasteiger charge is 2.24. The molecule has 0 saturated carbocycles. The number of hydrogen-bond donors (Lipinski definition) is 2. The zero-order chi connectivity index (χ0) is 11.5. The number of benzene rings is 1. The van der Waals surface area contributed by atoms with Crippen molar-refractivity contribution in [1.29, 1.82) is 5.26 Å². The van der Waals surface area contributed by atoms with E-state index in [1.54, 1.807) is 12.1 Å². The lowest BCUT2D eigenvalue weighted by Gasteiger charge is -2.16. The number of nitrogens with zero attached hydrogens (tertiary/aromatic N) is 1. The van der Waals surface area contributed by atoms with Gasteiger partial charge in [0.05, 0.1) is 18.7 Å². The number of hydrogen-bond acceptors (Lipinski definition) is 4. The van der Waals surface area contributed by atoms with Gasteiger partial charge >= 0.3 is 0 Å². The summed E-state index contributed by atoms with van der Waals surface area (Å²) in [4.78, 5) is 0. The van der Waals surface area contributed by atoms with Crippen LogP contribution in [0.1, 0.15) is 30.0 Å². The van der Waals surface area contributed by atoms with Gasteiger partial charge in [0.2, 0.25) is 0 Å². The summed E-state index contributed by atoms with van der Waals surface area (Å²) in [5.74, 6) is 0.503. The smallest absolute Gasteiger partial charge is 0.163 e. The van der Waals surface area contributed by atoms with Gasteiger partial charge in [-0.3, -0.25) is 0 Å². The summed E-state index contributed by atoms with van der Waals surface area (Å²) in [5.41, 5.74) is 1.18. The molecule has 0 bridgehead atoms. The lowest BCUT2D eigenvalue weighted by Crippen LogP contribution is -2.14. The van der Waals surface area contributed by atoms with E-state index in [2.05, 4.69) is 11.4 Å². The Morgan fingerprint density at radius 1 is 1.56 bits per heavy atom. The molecule has 0 radical (unpaired) electrons. The molecule has 84 valence electrons. The number of phenolic OH excluding ortho intramolecular Hbond substituents is 1. The van der Waals surface area contributed by atoms with E-state index >= 15 is 0 Å². The van der Waals surface area contributed by atoms with E-state index in [9.17, 15) is 5.11 Å². The predicted octanol–water partition coefficient (Wildman–Crippen LogP) is 1.70. The highest BCUT2D eigenvalue weighted by molar-refractivity contribution is 5.55. The Morgan fingerprint density at radius 3 is 2.94 bits per heavy atom. The van der Waals surface area contributed by atoms with Gasteiger partial charge < -0.3 is 15.2 Å². The van der Waals surface area contributed by atoms with E-state index in [4.69, 9.17) is 10.00 Å². The van der Waals surface area contributed by atoms with Crippen LogP contribution < -0.4 is 10.1 Å². The van der Waals surface area contributed by atoms with Gasteiger partial charge in [-0.15, -0.1) is 0 Å². The van der Waals surface area contributed by atoms with Gasteiger partial charge in [0.25, 0.3) is 0 Å². The number of phenols is 1. The van der Waals surface area contributed by atoms with Crippen LogP contribution in [0.2, 0.25) is 0 Å². The summed E-state index contributed by atoms with van der Waals surface area (Å²) in [7, 11) is 1.51. The fraction of sp³-hybridized carbons (Fsp3) is 0.417. The third-order valence-electron chi connectivity index (χ3n) is 2.93. The molecule has 1 aliphatic heterocycles. The molecule has 16 heavy (non-hydrogen) atoms. The van der Waals surface area contributed by atoms with Crippen LogP contribution in [0.25, 0.3) is 0 Å². The Kier molecular flexibility index (Phi) is 2.97. The van der Waals surface area contributed by atoms with Crippen LogP contribution in [0, 0.1) is 11.3 Å². The number of methoxy groups -OCH3 is 1. The van der Waals surface area contributed by atoms with Crippen LogP contribution in [0.3, 0.4) is 0 Å². The SMILES string of the molecule is COc1ccc(C#N)c([C@@H]2CCCN2)c1O. The van der Waals surface area contributed by atoms with Crippen molar-refractivity contribution in [1.82, 2.24) is 5.32 Å². The summed E-state index contributed by atoms with van der Waals surface area (Å²) >= 11 is 0. The molecule has 1 saturated heterocycles. The van der Waals surface area contributed by atoms with Gasteiger partial charge in [-0.2, -0.15) is 5.26 Å². The summed E-state index contributed by atoms with van der Waals surface area (Å²) in [6.07, 6.45) is 2.00. The third kappa shape index (κ3) is 1.70. The van der Waals surface area contributed by atoms with E-state index in [-0.39, 0.29) is 11.8 Å². The van der Waals surface area contributed by atoms with Gasteiger partial charge in [0, 0.05) is 11.6 Å². The van der Waals surface area contributed by atoms with Crippen LogP contribution >= 0.6 is 0 Å². The largest absolute Gasteiger partial charge is 0.504 e. The maximum Gasteiger partial charge on any atom is 0.163 e.